The summed E-state index contributed by atoms with van der Waals surface area (Å²) in [6.45, 7) is 3.73. The summed E-state index contributed by atoms with van der Waals surface area (Å²) in [5, 5.41) is 22.3. The summed E-state index contributed by atoms with van der Waals surface area (Å²) in [5.41, 5.74) is 5.37. The van der Waals surface area contributed by atoms with Gasteiger partial charge in [0, 0.05) is 29.7 Å². The molecule has 3 N–H and O–H groups in total. The highest BCUT2D eigenvalue weighted by molar-refractivity contribution is 6.00. The Morgan fingerprint density at radius 3 is 2.37 bits per heavy atom. The summed E-state index contributed by atoms with van der Waals surface area (Å²) in [6.07, 6.45) is 1.93. The average Bonchev–Trinajstić information content (AvgIpc) is 2.72. The van der Waals surface area contributed by atoms with Crippen molar-refractivity contribution in [3.05, 3.63) is 105 Å². The monoisotopic (exact) mass is 404 g/mol. The Kier molecular flexibility index (Phi) is 6.47. The number of benzene rings is 2. The predicted molar refractivity (Wildman–Crippen MR) is 116 cm³/mol. The molecule has 0 spiro atoms. The molecule has 0 fully saturated rings. The van der Waals surface area contributed by atoms with Crippen LogP contribution in [0.1, 0.15) is 45.7 Å². The summed E-state index contributed by atoms with van der Waals surface area (Å²) in [4.78, 5) is 25.3. The van der Waals surface area contributed by atoms with Gasteiger partial charge in [-0.3, -0.25) is 9.59 Å². The lowest BCUT2D eigenvalue weighted by atomic mass is 9.83. The first kappa shape index (κ1) is 21.0. The first-order valence-corrected chi connectivity index (χ1v) is 9.66. The molecule has 30 heavy (non-hydrogen) atoms. The number of carboxylic acid groups (broad SMARTS) is 1. The van der Waals surface area contributed by atoms with Crippen LogP contribution in [0.3, 0.4) is 0 Å². The number of carboxylic acids is 1. The molecule has 154 valence electrons. The lowest BCUT2D eigenvalue weighted by molar-refractivity contribution is -0.136. The smallest absolute Gasteiger partial charge is 0.307 e. The minimum atomic E-state index is -0.874. The number of aliphatic carboxylic acids is 1. The number of aromatic amines is 1. The predicted octanol–water partition coefficient (Wildman–Crippen LogP) is 4.02. The minimum absolute atomic E-state index is 0.0324. The van der Waals surface area contributed by atoms with Gasteiger partial charge in [-0.2, -0.15) is 0 Å². The summed E-state index contributed by atoms with van der Waals surface area (Å²) in [6, 6.07) is 17.2. The highest BCUT2D eigenvalue weighted by Crippen LogP contribution is 2.32. The third-order valence-corrected chi connectivity index (χ3v) is 5.24. The van der Waals surface area contributed by atoms with Gasteiger partial charge >= 0.3 is 5.97 Å². The molecule has 6 heteroatoms. The molecule has 0 aliphatic rings. The van der Waals surface area contributed by atoms with Crippen molar-refractivity contribution in [3.63, 3.8) is 0 Å². The van der Waals surface area contributed by atoms with Crippen molar-refractivity contribution < 1.29 is 15.1 Å². The van der Waals surface area contributed by atoms with E-state index in [-0.39, 0.29) is 17.9 Å². The zero-order valence-corrected chi connectivity index (χ0v) is 16.9. The Morgan fingerprint density at radius 2 is 1.77 bits per heavy atom. The Morgan fingerprint density at radius 1 is 1.07 bits per heavy atom. The molecule has 1 aromatic heterocycles. The molecule has 0 unspecified atom stereocenters. The van der Waals surface area contributed by atoms with E-state index in [1.54, 1.807) is 19.2 Å². The maximum Gasteiger partial charge on any atom is 0.307 e. The number of rotatable bonds is 7. The minimum Gasteiger partial charge on any atom is -0.481 e. The van der Waals surface area contributed by atoms with E-state index >= 15 is 0 Å². The van der Waals surface area contributed by atoms with E-state index in [9.17, 15) is 14.8 Å². The van der Waals surface area contributed by atoms with Crippen LogP contribution in [0.25, 0.3) is 0 Å². The second-order valence-electron chi connectivity index (χ2n) is 7.37. The first-order valence-electron chi connectivity index (χ1n) is 9.66. The van der Waals surface area contributed by atoms with Crippen molar-refractivity contribution in [3.8, 4) is 0 Å². The zero-order chi connectivity index (χ0) is 21.7. The standard InChI is InChI=1S/C24H24N2O4/c1-15-5-3-4-6-20(15)21(18-9-7-17(8-10-18)12-23(27)28)13-22(26-30)19-11-16(2)24(29)25-14-19/h3-11,14,21,30H,12-13H2,1-2H3,(H,25,29)(H,27,28)/b26-22+/t21-/m1/s1. The molecule has 6 nitrogen and oxygen atoms in total. The number of nitrogens with zero attached hydrogens (tertiary/aromatic N) is 1. The van der Waals surface area contributed by atoms with Gasteiger partial charge in [0.1, 0.15) is 0 Å². The Labute approximate surface area is 174 Å². The molecule has 0 radical (unpaired) electrons. The lowest BCUT2D eigenvalue weighted by Crippen LogP contribution is -2.15. The number of oxime groups is 1. The quantitative estimate of drug-likeness (QED) is 0.314. The van der Waals surface area contributed by atoms with Crippen LogP contribution in [0, 0.1) is 13.8 Å². The summed E-state index contributed by atoms with van der Waals surface area (Å²) in [5.74, 6) is -0.982. The van der Waals surface area contributed by atoms with Gasteiger partial charge in [-0.05, 0) is 42.2 Å². The normalized spacial score (nSPS) is 12.5. The van der Waals surface area contributed by atoms with Crippen LogP contribution in [-0.2, 0) is 11.2 Å². The van der Waals surface area contributed by atoms with Crippen LogP contribution < -0.4 is 5.56 Å². The van der Waals surface area contributed by atoms with Crippen LogP contribution >= 0.6 is 0 Å². The molecule has 0 aliphatic carbocycles. The van der Waals surface area contributed by atoms with Crippen LogP contribution in [0.4, 0.5) is 0 Å². The maximum atomic E-state index is 11.7. The summed E-state index contributed by atoms with van der Waals surface area (Å²) >= 11 is 0. The van der Waals surface area contributed by atoms with Gasteiger partial charge in [-0.1, -0.05) is 53.7 Å². The molecule has 0 aliphatic heterocycles. The van der Waals surface area contributed by atoms with Gasteiger partial charge in [-0.25, -0.2) is 0 Å². The second kappa shape index (κ2) is 9.22. The van der Waals surface area contributed by atoms with Crippen molar-refractivity contribution in [2.75, 3.05) is 0 Å². The van der Waals surface area contributed by atoms with E-state index in [4.69, 9.17) is 5.11 Å². The average molecular weight is 404 g/mol. The van der Waals surface area contributed by atoms with Crippen molar-refractivity contribution >= 4 is 11.7 Å². The maximum absolute atomic E-state index is 11.7. The van der Waals surface area contributed by atoms with Crippen molar-refractivity contribution in [2.24, 2.45) is 5.16 Å². The second-order valence-corrected chi connectivity index (χ2v) is 7.37. The number of nitrogens with one attached hydrogen (secondary N) is 1. The van der Waals surface area contributed by atoms with E-state index in [1.807, 2.05) is 55.5 Å². The first-order chi connectivity index (χ1) is 14.4. The van der Waals surface area contributed by atoms with Crippen LogP contribution in [0.15, 0.2) is 70.7 Å². The number of pyridine rings is 1. The fourth-order valence-electron chi connectivity index (χ4n) is 3.60. The molecule has 1 heterocycles. The number of aromatic nitrogens is 1. The van der Waals surface area contributed by atoms with Crippen LogP contribution in [0.2, 0.25) is 0 Å². The fourth-order valence-corrected chi connectivity index (χ4v) is 3.60. The van der Waals surface area contributed by atoms with E-state index in [1.165, 1.54) is 0 Å². The molecule has 2 aromatic carbocycles. The zero-order valence-electron chi connectivity index (χ0n) is 16.9. The van der Waals surface area contributed by atoms with Crippen LogP contribution in [-0.4, -0.2) is 27.0 Å². The number of hydrogen-bond acceptors (Lipinski definition) is 4. The Balaban J connectivity index is 2.01. The molecular formula is C24H24N2O4. The number of carbonyl (C=O) groups is 1. The molecule has 3 rings (SSSR count). The highest BCUT2D eigenvalue weighted by Gasteiger charge is 2.21. The van der Waals surface area contributed by atoms with Gasteiger partial charge in [0.15, 0.2) is 0 Å². The third kappa shape index (κ3) is 4.84. The molecule has 3 aromatic rings. The van der Waals surface area contributed by atoms with E-state index in [0.29, 0.717) is 23.3 Å². The fraction of sp³-hybridized carbons (Fsp3) is 0.208. The van der Waals surface area contributed by atoms with Crippen molar-refractivity contribution in [1.29, 1.82) is 0 Å². The van der Waals surface area contributed by atoms with E-state index in [2.05, 4.69) is 10.1 Å². The van der Waals surface area contributed by atoms with Gasteiger partial charge in [-0.15, -0.1) is 0 Å². The van der Waals surface area contributed by atoms with Gasteiger partial charge < -0.3 is 15.3 Å². The molecule has 0 amide bonds. The molecule has 1 atom stereocenters. The largest absolute Gasteiger partial charge is 0.481 e. The third-order valence-electron chi connectivity index (χ3n) is 5.24. The number of hydrogen-bond donors (Lipinski definition) is 3. The number of H-pyrrole nitrogens is 1. The molecule has 0 saturated heterocycles. The van der Waals surface area contributed by atoms with Crippen LogP contribution in [0.5, 0.6) is 0 Å². The molecule has 0 saturated carbocycles. The number of aryl methyl sites for hydroxylation is 2. The lowest BCUT2D eigenvalue weighted by Gasteiger charge is -2.21. The molecular weight excluding hydrogens is 380 g/mol. The summed E-state index contributed by atoms with van der Waals surface area (Å²) < 4.78 is 0. The van der Waals surface area contributed by atoms with Gasteiger partial charge in [0.2, 0.25) is 0 Å². The molecule has 0 bridgehead atoms. The summed E-state index contributed by atoms with van der Waals surface area (Å²) in [7, 11) is 0. The van der Waals surface area contributed by atoms with E-state index < -0.39 is 5.97 Å². The highest BCUT2D eigenvalue weighted by atomic mass is 16.4. The van der Waals surface area contributed by atoms with Crippen molar-refractivity contribution in [2.45, 2.75) is 32.6 Å². The Hall–Kier alpha value is -3.67. The van der Waals surface area contributed by atoms with E-state index in [0.717, 1.165) is 22.3 Å². The van der Waals surface area contributed by atoms with Gasteiger partial charge in [0.05, 0.1) is 12.1 Å². The van der Waals surface area contributed by atoms with Crippen molar-refractivity contribution in [1.82, 2.24) is 4.98 Å². The Bertz CT molecular complexity index is 1130. The topological polar surface area (TPSA) is 103 Å². The van der Waals surface area contributed by atoms with Gasteiger partial charge in [0.25, 0.3) is 5.56 Å². The SMILES string of the molecule is Cc1ccccc1[C@H](C/C(=N\O)c1c[nH]c(=O)c(C)c1)c1ccc(CC(=O)O)cc1.